The van der Waals surface area contributed by atoms with Crippen LogP contribution in [0.2, 0.25) is 0 Å². The van der Waals surface area contributed by atoms with Crippen LogP contribution in [0.4, 0.5) is 0 Å². The number of rotatable bonds is 3. The van der Waals surface area contributed by atoms with Crippen LogP contribution in [0.15, 0.2) is 18.2 Å². The summed E-state index contributed by atoms with van der Waals surface area (Å²) in [4.78, 5) is 11.5. The van der Waals surface area contributed by atoms with Crippen LogP contribution in [0.1, 0.15) is 16.7 Å². The summed E-state index contributed by atoms with van der Waals surface area (Å²) in [6.45, 7) is 0.666. The summed E-state index contributed by atoms with van der Waals surface area (Å²) in [5.74, 6) is -0.0929. The third-order valence-electron chi connectivity index (χ3n) is 3.17. The van der Waals surface area contributed by atoms with Crippen molar-refractivity contribution in [2.75, 3.05) is 13.7 Å². The first-order valence-corrected chi connectivity index (χ1v) is 5.63. The van der Waals surface area contributed by atoms with Gasteiger partial charge in [0, 0.05) is 0 Å². The first-order valence-electron chi connectivity index (χ1n) is 5.63. The van der Waals surface area contributed by atoms with Crippen LogP contribution >= 0.6 is 0 Å². The van der Waals surface area contributed by atoms with Gasteiger partial charge in [0.1, 0.15) is 0 Å². The lowest BCUT2D eigenvalue weighted by Gasteiger charge is -2.04. The molecule has 0 spiro atoms. The SMILES string of the molecule is COC(=O)C1Cc2ccc(CCN)cc2C1. The highest BCUT2D eigenvalue weighted by atomic mass is 16.5. The van der Waals surface area contributed by atoms with E-state index in [-0.39, 0.29) is 11.9 Å². The number of carbonyl (C=O) groups is 1. The van der Waals surface area contributed by atoms with Crippen molar-refractivity contribution in [3.8, 4) is 0 Å². The lowest BCUT2D eigenvalue weighted by Crippen LogP contribution is -2.15. The number of benzene rings is 1. The maximum atomic E-state index is 11.5. The van der Waals surface area contributed by atoms with Crippen LogP contribution in [-0.2, 0) is 28.8 Å². The number of carbonyl (C=O) groups excluding carboxylic acids is 1. The lowest BCUT2D eigenvalue weighted by atomic mass is 10.0. The molecule has 0 radical (unpaired) electrons. The Morgan fingerprint density at radius 2 is 2.19 bits per heavy atom. The molecule has 0 heterocycles. The van der Waals surface area contributed by atoms with E-state index in [1.807, 2.05) is 0 Å². The zero-order valence-electron chi connectivity index (χ0n) is 9.53. The zero-order valence-corrected chi connectivity index (χ0v) is 9.53. The van der Waals surface area contributed by atoms with E-state index in [1.54, 1.807) is 0 Å². The van der Waals surface area contributed by atoms with Gasteiger partial charge in [-0.05, 0) is 42.5 Å². The van der Waals surface area contributed by atoms with Gasteiger partial charge in [-0.1, -0.05) is 18.2 Å². The van der Waals surface area contributed by atoms with Crippen LogP contribution in [-0.4, -0.2) is 19.6 Å². The third kappa shape index (κ3) is 2.09. The van der Waals surface area contributed by atoms with Gasteiger partial charge < -0.3 is 10.5 Å². The smallest absolute Gasteiger partial charge is 0.309 e. The van der Waals surface area contributed by atoms with Crippen LogP contribution < -0.4 is 5.73 Å². The molecule has 0 fully saturated rings. The number of esters is 1. The summed E-state index contributed by atoms with van der Waals surface area (Å²) in [6, 6.07) is 6.39. The maximum Gasteiger partial charge on any atom is 0.309 e. The second kappa shape index (κ2) is 4.66. The highest BCUT2D eigenvalue weighted by molar-refractivity contribution is 5.74. The second-order valence-corrected chi connectivity index (χ2v) is 4.27. The number of hydrogen-bond acceptors (Lipinski definition) is 3. The summed E-state index contributed by atoms with van der Waals surface area (Å²) < 4.78 is 4.78. The molecule has 0 aromatic heterocycles. The first-order chi connectivity index (χ1) is 7.74. The van der Waals surface area contributed by atoms with Crippen LogP contribution in [0.25, 0.3) is 0 Å². The van der Waals surface area contributed by atoms with Gasteiger partial charge in [0.2, 0.25) is 0 Å². The Morgan fingerprint density at radius 3 is 2.88 bits per heavy atom. The molecule has 1 atom stereocenters. The average Bonchev–Trinajstić information content (AvgIpc) is 2.71. The maximum absolute atomic E-state index is 11.5. The number of ether oxygens (including phenoxy) is 1. The molecule has 1 aliphatic rings. The van der Waals surface area contributed by atoms with E-state index in [0.717, 1.165) is 19.3 Å². The summed E-state index contributed by atoms with van der Waals surface area (Å²) >= 11 is 0. The number of nitrogens with two attached hydrogens (primary N) is 1. The van der Waals surface area contributed by atoms with Gasteiger partial charge in [0.15, 0.2) is 0 Å². The van der Waals surface area contributed by atoms with Gasteiger partial charge in [-0.15, -0.1) is 0 Å². The molecule has 2 N–H and O–H groups in total. The molecule has 1 unspecified atom stereocenters. The van der Waals surface area contributed by atoms with E-state index in [2.05, 4.69) is 18.2 Å². The molecule has 3 heteroatoms. The fourth-order valence-electron chi connectivity index (χ4n) is 2.33. The minimum Gasteiger partial charge on any atom is -0.469 e. The Labute approximate surface area is 95.6 Å². The fourth-order valence-corrected chi connectivity index (χ4v) is 2.33. The van der Waals surface area contributed by atoms with E-state index in [4.69, 9.17) is 10.5 Å². The zero-order chi connectivity index (χ0) is 11.5. The molecule has 86 valence electrons. The van der Waals surface area contributed by atoms with Gasteiger partial charge in [0.05, 0.1) is 13.0 Å². The van der Waals surface area contributed by atoms with E-state index < -0.39 is 0 Å². The quantitative estimate of drug-likeness (QED) is 0.774. The van der Waals surface area contributed by atoms with Crippen molar-refractivity contribution >= 4 is 5.97 Å². The minimum atomic E-state index is -0.100. The number of hydrogen-bond donors (Lipinski definition) is 1. The Kier molecular flexibility index (Phi) is 3.25. The van der Waals surface area contributed by atoms with E-state index in [1.165, 1.54) is 23.8 Å². The molecule has 1 aromatic rings. The predicted octanol–water partition coefficient (Wildman–Crippen LogP) is 1.08. The highest BCUT2D eigenvalue weighted by Gasteiger charge is 2.27. The Balaban J connectivity index is 2.15. The number of fused-ring (bicyclic) bond motifs is 1. The molecule has 2 rings (SSSR count). The Bertz CT molecular complexity index is 401. The van der Waals surface area contributed by atoms with Crippen molar-refractivity contribution < 1.29 is 9.53 Å². The van der Waals surface area contributed by atoms with Crippen molar-refractivity contribution in [2.45, 2.75) is 19.3 Å². The van der Waals surface area contributed by atoms with Crippen molar-refractivity contribution in [1.82, 2.24) is 0 Å². The van der Waals surface area contributed by atoms with Crippen molar-refractivity contribution in [2.24, 2.45) is 11.7 Å². The summed E-state index contributed by atoms with van der Waals surface area (Å²) in [5.41, 5.74) is 9.34. The highest BCUT2D eigenvalue weighted by Crippen LogP contribution is 2.28. The van der Waals surface area contributed by atoms with Crippen molar-refractivity contribution in [3.63, 3.8) is 0 Å². The molecular weight excluding hydrogens is 202 g/mol. The minimum absolute atomic E-state index is 0.00752. The lowest BCUT2D eigenvalue weighted by molar-refractivity contribution is -0.145. The topological polar surface area (TPSA) is 52.3 Å². The molecule has 1 aromatic carbocycles. The molecule has 16 heavy (non-hydrogen) atoms. The Hall–Kier alpha value is -1.35. The fraction of sp³-hybridized carbons (Fsp3) is 0.462. The van der Waals surface area contributed by atoms with Crippen LogP contribution in [0, 0.1) is 5.92 Å². The molecule has 0 aliphatic heterocycles. The number of methoxy groups -OCH3 is 1. The van der Waals surface area contributed by atoms with Gasteiger partial charge in [-0.2, -0.15) is 0 Å². The summed E-state index contributed by atoms with van der Waals surface area (Å²) in [6.07, 6.45) is 2.52. The summed E-state index contributed by atoms with van der Waals surface area (Å²) in [7, 11) is 1.45. The largest absolute Gasteiger partial charge is 0.469 e. The van der Waals surface area contributed by atoms with Crippen molar-refractivity contribution in [3.05, 3.63) is 34.9 Å². The van der Waals surface area contributed by atoms with Gasteiger partial charge in [-0.25, -0.2) is 0 Å². The predicted molar refractivity (Wildman–Crippen MR) is 62.1 cm³/mol. The van der Waals surface area contributed by atoms with Gasteiger partial charge in [-0.3, -0.25) is 4.79 Å². The van der Waals surface area contributed by atoms with E-state index in [0.29, 0.717) is 6.54 Å². The first kappa shape index (κ1) is 11.1. The van der Waals surface area contributed by atoms with Crippen molar-refractivity contribution in [1.29, 1.82) is 0 Å². The van der Waals surface area contributed by atoms with Crippen LogP contribution in [0.5, 0.6) is 0 Å². The van der Waals surface area contributed by atoms with Gasteiger partial charge in [0.25, 0.3) is 0 Å². The molecule has 0 saturated carbocycles. The molecule has 3 nitrogen and oxygen atoms in total. The van der Waals surface area contributed by atoms with E-state index in [9.17, 15) is 4.79 Å². The molecule has 0 amide bonds. The Morgan fingerprint density at radius 1 is 1.44 bits per heavy atom. The van der Waals surface area contributed by atoms with Crippen LogP contribution in [0.3, 0.4) is 0 Å². The third-order valence-corrected chi connectivity index (χ3v) is 3.17. The van der Waals surface area contributed by atoms with E-state index >= 15 is 0 Å². The normalized spacial score (nSPS) is 18.2. The molecule has 1 aliphatic carbocycles. The molecule has 0 saturated heterocycles. The second-order valence-electron chi connectivity index (χ2n) is 4.27. The molecular formula is C13H17NO2. The average molecular weight is 219 g/mol. The standard InChI is InChI=1S/C13H17NO2/c1-16-13(15)12-7-10-3-2-9(4-5-14)6-11(10)8-12/h2-3,6,12H,4-5,7-8,14H2,1H3. The van der Waals surface area contributed by atoms with Gasteiger partial charge >= 0.3 is 5.97 Å². The molecule has 0 bridgehead atoms. The monoisotopic (exact) mass is 219 g/mol. The summed E-state index contributed by atoms with van der Waals surface area (Å²) in [5, 5.41) is 0.